The molecule has 1 heterocycles. The van der Waals surface area contributed by atoms with Gasteiger partial charge in [0.2, 0.25) is 5.82 Å². The molecule has 6 heteroatoms. The molecule has 4 fully saturated rings. The SMILES string of the molecule is COc1cccc(-c2noc(COC(=O)C34CC5CC(CC(C5)C3)C4)n2)c1. The van der Waals surface area contributed by atoms with Gasteiger partial charge in [-0.3, -0.25) is 4.79 Å². The van der Waals surface area contributed by atoms with Crippen molar-refractivity contribution in [3.63, 3.8) is 0 Å². The van der Waals surface area contributed by atoms with E-state index in [9.17, 15) is 4.79 Å². The Kier molecular flexibility index (Phi) is 3.95. The molecule has 142 valence electrons. The van der Waals surface area contributed by atoms with Crippen molar-refractivity contribution in [2.75, 3.05) is 7.11 Å². The first-order chi connectivity index (χ1) is 13.1. The van der Waals surface area contributed by atoms with Gasteiger partial charge >= 0.3 is 5.97 Å². The maximum Gasteiger partial charge on any atom is 0.312 e. The molecule has 0 radical (unpaired) electrons. The molecule has 0 atom stereocenters. The van der Waals surface area contributed by atoms with Crippen LogP contribution in [0, 0.1) is 23.2 Å². The van der Waals surface area contributed by atoms with Crippen LogP contribution >= 0.6 is 0 Å². The van der Waals surface area contributed by atoms with E-state index in [4.69, 9.17) is 14.0 Å². The van der Waals surface area contributed by atoms with Crippen LogP contribution in [0.3, 0.4) is 0 Å². The molecule has 0 aliphatic heterocycles. The number of esters is 1. The van der Waals surface area contributed by atoms with Gasteiger partial charge in [0.05, 0.1) is 12.5 Å². The summed E-state index contributed by atoms with van der Waals surface area (Å²) in [4.78, 5) is 17.3. The van der Waals surface area contributed by atoms with Gasteiger partial charge in [0.15, 0.2) is 6.61 Å². The first kappa shape index (κ1) is 16.8. The van der Waals surface area contributed by atoms with Crippen LogP contribution in [0.25, 0.3) is 11.4 Å². The Balaban J connectivity index is 1.26. The van der Waals surface area contributed by atoms with Gasteiger partial charge in [0.1, 0.15) is 5.75 Å². The van der Waals surface area contributed by atoms with Crippen LogP contribution in [-0.2, 0) is 16.1 Å². The van der Waals surface area contributed by atoms with E-state index in [-0.39, 0.29) is 18.0 Å². The van der Waals surface area contributed by atoms with Gasteiger partial charge in [0, 0.05) is 5.56 Å². The Morgan fingerprint density at radius 2 is 1.89 bits per heavy atom. The number of methoxy groups -OCH3 is 1. The molecule has 4 bridgehead atoms. The van der Waals surface area contributed by atoms with Crippen molar-refractivity contribution >= 4 is 5.97 Å². The topological polar surface area (TPSA) is 74.5 Å². The largest absolute Gasteiger partial charge is 0.497 e. The molecular formula is C21H24N2O4. The first-order valence-corrected chi connectivity index (χ1v) is 9.78. The number of benzene rings is 1. The van der Waals surface area contributed by atoms with Gasteiger partial charge < -0.3 is 14.0 Å². The van der Waals surface area contributed by atoms with E-state index in [1.807, 2.05) is 24.3 Å². The molecule has 0 spiro atoms. The quantitative estimate of drug-likeness (QED) is 0.743. The zero-order valence-corrected chi connectivity index (χ0v) is 15.5. The molecule has 0 amide bonds. The molecule has 6 rings (SSSR count). The third-order valence-corrected chi connectivity index (χ3v) is 6.59. The van der Waals surface area contributed by atoms with Crippen molar-refractivity contribution in [1.82, 2.24) is 10.1 Å². The highest BCUT2D eigenvalue weighted by Gasteiger charge is 2.55. The fourth-order valence-electron chi connectivity index (χ4n) is 5.83. The summed E-state index contributed by atoms with van der Waals surface area (Å²) in [5, 5.41) is 4.00. The highest BCUT2D eigenvalue weighted by atomic mass is 16.6. The number of aromatic nitrogens is 2. The van der Waals surface area contributed by atoms with Gasteiger partial charge in [-0.1, -0.05) is 17.3 Å². The summed E-state index contributed by atoms with van der Waals surface area (Å²) in [5.41, 5.74) is 0.543. The Bertz CT molecular complexity index is 824. The van der Waals surface area contributed by atoms with Crippen LogP contribution < -0.4 is 4.74 Å². The van der Waals surface area contributed by atoms with E-state index in [1.54, 1.807) is 7.11 Å². The monoisotopic (exact) mass is 368 g/mol. The zero-order valence-electron chi connectivity index (χ0n) is 15.5. The highest BCUT2D eigenvalue weighted by molar-refractivity contribution is 5.77. The van der Waals surface area contributed by atoms with Crippen molar-refractivity contribution in [3.05, 3.63) is 30.2 Å². The van der Waals surface area contributed by atoms with Gasteiger partial charge in [0.25, 0.3) is 5.89 Å². The maximum atomic E-state index is 12.9. The molecule has 4 aliphatic carbocycles. The van der Waals surface area contributed by atoms with Gasteiger partial charge in [-0.25, -0.2) is 0 Å². The molecule has 1 aromatic carbocycles. The van der Waals surface area contributed by atoms with Crippen molar-refractivity contribution < 1.29 is 18.8 Å². The lowest BCUT2D eigenvalue weighted by atomic mass is 9.49. The van der Waals surface area contributed by atoms with Crippen LogP contribution in [0.5, 0.6) is 5.75 Å². The number of carbonyl (C=O) groups excluding carboxylic acids is 1. The molecule has 0 unspecified atom stereocenters. The average molecular weight is 368 g/mol. The second-order valence-electron chi connectivity index (χ2n) is 8.52. The summed E-state index contributed by atoms with van der Waals surface area (Å²) >= 11 is 0. The molecule has 1 aromatic heterocycles. The number of hydrogen-bond acceptors (Lipinski definition) is 6. The fourth-order valence-corrected chi connectivity index (χ4v) is 5.83. The summed E-state index contributed by atoms with van der Waals surface area (Å²) in [7, 11) is 1.62. The van der Waals surface area contributed by atoms with Crippen LogP contribution in [0.15, 0.2) is 28.8 Å². The van der Waals surface area contributed by atoms with E-state index in [2.05, 4.69) is 10.1 Å². The van der Waals surface area contributed by atoms with Crippen molar-refractivity contribution in [2.45, 2.75) is 45.1 Å². The average Bonchev–Trinajstić information content (AvgIpc) is 3.14. The summed E-state index contributed by atoms with van der Waals surface area (Å²) < 4.78 is 16.2. The second kappa shape index (κ2) is 6.36. The predicted octanol–water partition coefficient (Wildman–Crippen LogP) is 4.00. The van der Waals surface area contributed by atoms with Gasteiger partial charge in [-0.15, -0.1) is 0 Å². The minimum Gasteiger partial charge on any atom is -0.497 e. The summed E-state index contributed by atoms with van der Waals surface area (Å²) in [5.74, 6) is 3.60. The Hall–Kier alpha value is -2.37. The molecular weight excluding hydrogens is 344 g/mol. The van der Waals surface area contributed by atoms with Crippen LogP contribution in [0.4, 0.5) is 0 Å². The van der Waals surface area contributed by atoms with Crippen LogP contribution in [0.2, 0.25) is 0 Å². The second-order valence-corrected chi connectivity index (χ2v) is 8.52. The third kappa shape index (κ3) is 3.01. The third-order valence-electron chi connectivity index (χ3n) is 6.59. The number of nitrogens with zero attached hydrogens (tertiary/aromatic N) is 2. The molecule has 4 saturated carbocycles. The first-order valence-electron chi connectivity index (χ1n) is 9.78. The summed E-state index contributed by atoms with van der Waals surface area (Å²) in [6.45, 7) is 0.0392. The van der Waals surface area contributed by atoms with Gasteiger partial charge in [-0.05, 0) is 68.4 Å². The maximum absolute atomic E-state index is 12.9. The number of rotatable bonds is 5. The zero-order chi connectivity index (χ0) is 18.4. The lowest BCUT2D eigenvalue weighted by Crippen LogP contribution is -2.50. The lowest BCUT2D eigenvalue weighted by molar-refractivity contribution is -0.173. The highest BCUT2D eigenvalue weighted by Crippen LogP contribution is 2.60. The number of ether oxygens (including phenoxy) is 2. The Morgan fingerprint density at radius 3 is 2.56 bits per heavy atom. The minimum absolute atomic E-state index is 0.0392. The number of hydrogen-bond donors (Lipinski definition) is 0. The number of carbonyl (C=O) groups is 1. The fraction of sp³-hybridized carbons (Fsp3) is 0.571. The van der Waals surface area contributed by atoms with Crippen molar-refractivity contribution in [1.29, 1.82) is 0 Å². The molecule has 4 aliphatic rings. The van der Waals surface area contributed by atoms with E-state index in [1.165, 1.54) is 19.3 Å². The Morgan fingerprint density at radius 1 is 1.19 bits per heavy atom. The molecule has 0 N–H and O–H groups in total. The van der Waals surface area contributed by atoms with Crippen molar-refractivity contribution in [3.8, 4) is 17.1 Å². The Labute approximate surface area is 158 Å². The van der Waals surface area contributed by atoms with E-state index in [0.717, 1.165) is 30.6 Å². The minimum atomic E-state index is -0.260. The normalized spacial score (nSPS) is 31.1. The van der Waals surface area contributed by atoms with E-state index < -0.39 is 0 Å². The lowest BCUT2D eigenvalue weighted by Gasteiger charge is -2.55. The van der Waals surface area contributed by atoms with Crippen LogP contribution in [0.1, 0.15) is 44.4 Å². The van der Waals surface area contributed by atoms with E-state index >= 15 is 0 Å². The smallest absolute Gasteiger partial charge is 0.312 e. The molecule has 6 nitrogen and oxygen atoms in total. The summed E-state index contributed by atoms with van der Waals surface area (Å²) in [6.07, 6.45) is 6.91. The molecule has 2 aromatic rings. The predicted molar refractivity (Wildman–Crippen MR) is 96.7 cm³/mol. The van der Waals surface area contributed by atoms with E-state index in [0.29, 0.717) is 29.5 Å². The standard InChI is InChI=1S/C21H24N2O4/c1-25-17-4-2-3-16(8-17)19-22-18(27-23-19)12-26-20(24)21-9-13-5-14(10-21)7-15(6-13)11-21/h2-4,8,13-15H,5-7,9-12H2,1H3. The molecule has 0 saturated heterocycles. The van der Waals surface area contributed by atoms with Gasteiger partial charge in [-0.2, -0.15) is 4.98 Å². The summed E-state index contributed by atoms with van der Waals surface area (Å²) in [6, 6.07) is 7.46. The molecule has 27 heavy (non-hydrogen) atoms. The van der Waals surface area contributed by atoms with Crippen molar-refractivity contribution in [2.24, 2.45) is 23.2 Å². The van der Waals surface area contributed by atoms with Crippen LogP contribution in [-0.4, -0.2) is 23.2 Å².